The minimum absolute atomic E-state index is 0.110. The number of rotatable bonds is 5. The summed E-state index contributed by atoms with van der Waals surface area (Å²) >= 11 is 1.42. The highest BCUT2D eigenvalue weighted by Crippen LogP contribution is 2.53. The molecule has 1 saturated carbocycles. The zero-order valence-corrected chi connectivity index (χ0v) is 18.9. The zero-order chi connectivity index (χ0) is 22.4. The Kier molecular flexibility index (Phi) is 5.01. The Bertz CT molecular complexity index is 1330. The Morgan fingerprint density at radius 2 is 2.12 bits per heavy atom. The fraction of sp³-hybridized carbons (Fsp3) is 0.320. The minimum atomic E-state index is -0.157. The van der Waals surface area contributed by atoms with Gasteiger partial charge in [-0.15, -0.1) is 11.3 Å². The number of pyridine rings is 1. The maximum atomic E-state index is 13.2. The van der Waals surface area contributed by atoms with E-state index in [0.29, 0.717) is 28.0 Å². The lowest BCUT2D eigenvalue weighted by Gasteiger charge is -2.46. The molecule has 4 aromatic rings. The second-order valence-electron chi connectivity index (χ2n) is 9.09. The number of anilines is 1. The summed E-state index contributed by atoms with van der Waals surface area (Å²) in [7, 11) is 0. The Morgan fingerprint density at radius 1 is 1.24 bits per heavy atom. The van der Waals surface area contributed by atoms with E-state index >= 15 is 0 Å². The number of fused-ring (bicyclic) bond motifs is 1. The van der Waals surface area contributed by atoms with E-state index in [0.717, 1.165) is 47.4 Å². The van der Waals surface area contributed by atoms with Crippen LogP contribution in [0.4, 0.5) is 5.95 Å². The average molecular weight is 460 g/mol. The molecule has 3 aromatic heterocycles. The summed E-state index contributed by atoms with van der Waals surface area (Å²) in [5.41, 5.74) is 3.92. The van der Waals surface area contributed by atoms with E-state index in [1.165, 1.54) is 17.8 Å². The number of hydrogen-bond donors (Lipinski definition) is 3. The first-order valence-corrected chi connectivity index (χ1v) is 12.1. The van der Waals surface area contributed by atoms with Gasteiger partial charge < -0.3 is 15.0 Å². The summed E-state index contributed by atoms with van der Waals surface area (Å²) < 4.78 is 2.22. The van der Waals surface area contributed by atoms with Crippen LogP contribution in [0, 0.1) is 5.41 Å². The van der Waals surface area contributed by atoms with Gasteiger partial charge in [-0.2, -0.15) is 0 Å². The first-order valence-electron chi connectivity index (χ1n) is 11.3. The van der Waals surface area contributed by atoms with Gasteiger partial charge in [-0.1, -0.05) is 12.1 Å². The van der Waals surface area contributed by atoms with Crippen LogP contribution in [0.2, 0.25) is 0 Å². The van der Waals surface area contributed by atoms with E-state index in [1.807, 2.05) is 42.5 Å². The summed E-state index contributed by atoms with van der Waals surface area (Å²) in [6, 6.07) is 15.9. The third kappa shape index (κ3) is 3.64. The standard InChI is InChI=1S/C25H25N5O2S/c31-14-17-11-16(7-9-27-17)21-5-6-22(33-21)23(32)29-24-28-19-3-1-2-4-20(19)30(24)18-12-25(13-18)8-10-26-15-25/h1-7,9,11,18,26,31H,8,10,12-15H2,(H,28,29,32)/t18-,25-. The van der Waals surface area contributed by atoms with Crippen LogP contribution in [0.1, 0.15) is 40.7 Å². The van der Waals surface area contributed by atoms with Crippen molar-refractivity contribution in [2.24, 2.45) is 5.41 Å². The van der Waals surface area contributed by atoms with Crippen LogP contribution in [-0.4, -0.2) is 38.6 Å². The highest BCUT2D eigenvalue weighted by molar-refractivity contribution is 7.17. The maximum Gasteiger partial charge on any atom is 0.268 e. The molecule has 168 valence electrons. The number of benzene rings is 1. The number of hydrogen-bond acceptors (Lipinski definition) is 6. The number of carbonyl (C=O) groups is 1. The molecule has 1 spiro atoms. The second kappa shape index (κ2) is 8.06. The maximum absolute atomic E-state index is 13.2. The highest BCUT2D eigenvalue weighted by Gasteiger charge is 2.47. The molecule has 2 aliphatic rings. The fourth-order valence-corrected chi connectivity index (χ4v) is 6.16. The van der Waals surface area contributed by atoms with E-state index in [9.17, 15) is 9.90 Å². The highest BCUT2D eigenvalue weighted by atomic mass is 32.1. The number of aromatic nitrogens is 3. The van der Waals surface area contributed by atoms with E-state index in [2.05, 4.69) is 26.3 Å². The van der Waals surface area contributed by atoms with E-state index in [-0.39, 0.29) is 12.5 Å². The molecule has 0 atom stereocenters. The van der Waals surface area contributed by atoms with Gasteiger partial charge in [0.2, 0.25) is 5.95 Å². The topological polar surface area (TPSA) is 92.1 Å². The van der Waals surface area contributed by atoms with Gasteiger partial charge in [0, 0.05) is 23.7 Å². The molecule has 4 heterocycles. The van der Waals surface area contributed by atoms with Gasteiger partial charge in [-0.3, -0.25) is 15.1 Å². The lowest BCUT2D eigenvalue weighted by atomic mass is 9.65. The molecule has 1 aliphatic heterocycles. The zero-order valence-electron chi connectivity index (χ0n) is 18.1. The van der Waals surface area contributed by atoms with Crippen LogP contribution in [0.5, 0.6) is 0 Å². The molecular weight excluding hydrogens is 434 g/mol. The molecule has 1 saturated heterocycles. The van der Waals surface area contributed by atoms with Crippen molar-refractivity contribution in [2.45, 2.75) is 31.9 Å². The molecule has 2 fully saturated rings. The summed E-state index contributed by atoms with van der Waals surface area (Å²) in [6.45, 7) is 2.07. The van der Waals surface area contributed by atoms with Crippen LogP contribution < -0.4 is 10.6 Å². The van der Waals surface area contributed by atoms with Crippen molar-refractivity contribution in [1.82, 2.24) is 19.9 Å². The van der Waals surface area contributed by atoms with Crippen molar-refractivity contribution in [2.75, 3.05) is 18.4 Å². The summed E-state index contributed by atoms with van der Waals surface area (Å²) in [5.74, 6) is 0.462. The number of nitrogens with one attached hydrogen (secondary N) is 2. The number of para-hydroxylation sites is 2. The van der Waals surface area contributed by atoms with Crippen molar-refractivity contribution in [1.29, 1.82) is 0 Å². The van der Waals surface area contributed by atoms with Crippen LogP contribution in [0.15, 0.2) is 54.7 Å². The Balaban J connectivity index is 1.27. The Labute approximate surface area is 195 Å². The normalized spacial score (nSPS) is 22.0. The van der Waals surface area contributed by atoms with Crippen molar-refractivity contribution in [3.8, 4) is 10.4 Å². The second-order valence-corrected chi connectivity index (χ2v) is 10.2. The van der Waals surface area contributed by atoms with Gasteiger partial charge in [0.1, 0.15) is 0 Å². The summed E-state index contributed by atoms with van der Waals surface area (Å²) in [4.78, 5) is 23.6. The largest absolute Gasteiger partial charge is 0.390 e. The predicted octanol–water partition coefficient (Wildman–Crippen LogP) is 4.22. The molecule has 7 nitrogen and oxygen atoms in total. The summed E-state index contributed by atoms with van der Waals surface area (Å²) in [6.07, 6.45) is 5.12. The van der Waals surface area contributed by atoms with Gasteiger partial charge in [0.15, 0.2) is 0 Å². The third-order valence-electron chi connectivity index (χ3n) is 6.95. The van der Waals surface area contributed by atoms with Gasteiger partial charge >= 0.3 is 0 Å². The van der Waals surface area contributed by atoms with E-state index < -0.39 is 0 Å². The van der Waals surface area contributed by atoms with Gasteiger partial charge in [-0.05, 0) is 73.2 Å². The molecule has 0 unspecified atom stereocenters. The van der Waals surface area contributed by atoms with Crippen LogP contribution in [0.3, 0.4) is 0 Å². The average Bonchev–Trinajstić information content (AvgIpc) is 3.56. The quantitative estimate of drug-likeness (QED) is 0.416. The van der Waals surface area contributed by atoms with Crippen LogP contribution in [0.25, 0.3) is 21.5 Å². The lowest BCUT2D eigenvalue weighted by Crippen LogP contribution is -2.40. The predicted molar refractivity (Wildman–Crippen MR) is 129 cm³/mol. The van der Waals surface area contributed by atoms with E-state index in [4.69, 9.17) is 4.98 Å². The number of nitrogens with zero attached hydrogens (tertiary/aromatic N) is 3. The molecule has 0 radical (unpaired) electrons. The van der Waals surface area contributed by atoms with Gasteiger partial charge in [0.05, 0.1) is 28.2 Å². The van der Waals surface area contributed by atoms with Crippen molar-refractivity contribution >= 4 is 34.2 Å². The SMILES string of the molecule is O=C(Nc1nc2ccccc2n1[C@H]1C[C@@]2(CCNC2)C1)c1ccc(-c2ccnc(CO)c2)s1. The molecule has 1 aliphatic carbocycles. The van der Waals surface area contributed by atoms with Crippen molar-refractivity contribution < 1.29 is 9.90 Å². The monoisotopic (exact) mass is 459 g/mol. The molecule has 6 rings (SSSR count). The smallest absolute Gasteiger partial charge is 0.268 e. The minimum Gasteiger partial charge on any atom is -0.390 e. The number of aliphatic hydroxyl groups is 1. The molecule has 1 aromatic carbocycles. The Hall–Kier alpha value is -3.07. The Morgan fingerprint density at radius 3 is 2.94 bits per heavy atom. The van der Waals surface area contributed by atoms with E-state index in [1.54, 1.807) is 6.20 Å². The number of aliphatic hydroxyl groups excluding tert-OH is 1. The third-order valence-corrected chi connectivity index (χ3v) is 8.08. The van der Waals surface area contributed by atoms with Gasteiger partial charge in [0.25, 0.3) is 5.91 Å². The number of carbonyl (C=O) groups excluding carboxylic acids is 1. The fourth-order valence-electron chi connectivity index (χ4n) is 5.26. The molecule has 1 amide bonds. The van der Waals surface area contributed by atoms with Crippen LogP contribution in [-0.2, 0) is 6.61 Å². The molecular formula is C25H25N5O2S. The molecule has 33 heavy (non-hydrogen) atoms. The molecule has 0 bridgehead atoms. The lowest BCUT2D eigenvalue weighted by molar-refractivity contribution is 0.0874. The summed E-state index contributed by atoms with van der Waals surface area (Å²) in [5, 5.41) is 15.9. The van der Waals surface area contributed by atoms with Crippen LogP contribution >= 0.6 is 11.3 Å². The van der Waals surface area contributed by atoms with Gasteiger partial charge in [-0.25, -0.2) is 4.98 Å². The number of amides is 1. The molecule has 3 N–H and O–H groups in total. The molecule has 8 heteroatoms. The number of thiophene rings is 1. The number of imidazole rings is 1. The first-order chi connectivity index (χ1) is 16.1. The van der Waals surface area contributed by atoms with Crippen molar-refractivity contribution in [3.63, 3.8) is 0 Å². The first kappa shape index (κ1) is 20.5. The van der Waals surface area contributed by atoms with Crippen molar-refractivity contribution in [3.05, 3.63) is 65.3 Å².